The number of pyridine rings is 1. The molecule has 2 heterocycles. The number of anilines is 1. The minimum absolute atomic E-state index is 0.198. The maximum absolute atomic E-state index is 4.39. The molecule has 4 rings (SSSR count). The van der Waals surface area contributed by atoms with Crippen molar-refractivity contribution < 1.29 is 0 Å². The molecular formula is C19H22N2. The normalized spacial score (nSPS) is 22.8. The molecule has 1 aromatic heterocycles. The van der Waals surface area contributed by atoms with Gasteiger partial charge in [-0.1, -0.05) is 31.0 Å². The van der Waals surface area contributed by atoms with Crippen LogP contribution in [0.2, 0.25) is 0 Å². The fourth-order valence-electron chi connectivity index (χ4n) is 4.55. The summed E-state index contributed by atoms with van der Waals surface area (Å²) >= 11 is 0. The molecule has 21 heavy (non-hydrogen) atoms. The van der Waals surface area contributed by atoms with Crippen molar-refractivity contribution in [1.82, 2.24) is 4.98 Å². The zero-order valence-electron chi connectivity index (χ0n) is 12.8. The van der Waals surface area contributed by atoms with Crippen molar-refractivity contribution >= 4 is 5.69 Å². The molecule has 0 N–H and O–H groups in total. The number of aryl methyl sites for hydroxylation is 1. The smallest absolute Gasteiger partial charge is 0.0664 e. The third-order valence-corrected chi connectivity index (χ3v) is 5.46. The molecule has 2 nitrogen and oxygen atoms in total. The maximum atomic E-state index is 4.39. The summed E-state index contributed by atoms with van der Waals surface area (Å²) < 4.78 is 0. The molecule has 1 spiro atoms. The summed E-state index contributed by atoms with van der Waals surface area (Å²) in [5, 5.41) is 0. The Hall–Kier alpha value is -1.83. The Balaban J connectivity index is 1.93. The lowest BCUT2D eigenvalue weighted by Gasteiger charge is -2.41. The maximum Gasteiger partial charge on any atom is 0.0664 e. The summed E-state index contributed by atoms with van der Waals surface area (Å²) in [7, 11) is 0. The first-order valence-electron chi connectivity index (χ1n) is 8.03. The largest absolute Gasteiger partial charge is 0.355 e. The molecule has 1 aliphatic heterocycles. The molecule has 2 aromatic rings. The standard InChI is InChI=1S/C19H22N2/c1-14-7-3-4-8-18(14)21-15(2)16-13-20-12-9-17(16)19(21)10-5-6-11-19/h3-4,7-9,12-13,15H,5-6,10-11H2,1-2H3. The fourth-order valence-corrected chi connectivity index (χ4v) is 4.55. The first-order valence-corrected chi connectivity index (χ1v) is 8.03. The van der Waals surface area contributed by atoms with E-state index in [-0.39, 0.29) is 5.54 Å². The first-order chi connectivity index (χ1) is 10.2. The second-order valence-electron chi connectivity index (χ2n) is 6.53. The number of aromatic nitrogens is 1. The van der Waals surface area contributed by atoms with Crippen molar-refractivity contribution in [3.8, 4) is 0 Å². The molecule has 2 heteroatoms. The molecule has 0 saturated heterocycles. The molecule has 1 atom stereocenters. The van der Waals surface area contributed by atoms with E-state index in [2.05, 4.69) is 60.3 Å². The van der Waals surface area contributed by atoms with Crippen molar-refractivity contribution in [2.24, 2.45) is 0 Å². The van der Waals surface area contributed by atoms with Gasteiger partial charge < -0.3 is 4.90 Å². The van der Waals surface area contributed by atoms with E-state index in [4.69, 9.17) is 0 Å². The summed E-state index contributed by atoms with van der Waals surface area (Å²) in [6.07, 6.45) is 9.24. The van der Waals surface area contributed by atoms with E-state index in [0.29, 0.717) is 6.04 Å². The van der Waals surface area contributed by atoms with Gasteiger partial charge in [0.05, 0.1) is 11.6 Å². The number of benzene rings is 1. The van der Waals surface area contributed by atoms with Crippen LogP contribution in [0.3, 0.4) is 0 Å². The van der Waals surface area contributed by atoms with Gasteiger partial charge in [-0.3, -0.25) is 4.98 Å². The lowest BCUT2D eigenvalue weighted by Crippen LogP contribution is -2.40. The van der Waals surface area contributed by atoms with E-state index >= 15 is 0 Å². The van der Waals surface area contributed by atoms with Gasteiger partial charge in [0.15, 0.2) is 0 Å². The summed E-state index contributed by atoms with van der Waals surface area (Å²) in [5.41, 5.74) is 5.90. The van der Waals surface area contributed by atoms with E-state index in [9.17, 15) is 0 Å². The second kappa shape index (κ2) is 4.59. The second-order valence-corrected chi connectivity index (χ2v) is 6.53. The zero-order valence-corrected chi connectivity index (χ0v) is 12.8. The van der Waals surface area contributed by atoms with E-state index in [1.807, 2.05) is 6.20 Å². The average molecular weight is 278 g/mol. The van der Waals surface area contributed by atoms with Gasteiger partial charge in [-0.05, 0) is 55.5 Å². The Morgan fingerprint density at radius 2 is 1.90 bits per heavy atom. The first kappa shape index (κ1) is 12.9. The minimum atomic E-state index is 0.198. The summed E-state index contributed by atoms with van der Waals surface area (Å²) in [6.45, 7) is 4.56. The molecule has 1 saturated carbocycles. The molecule has 108 valence electrons. The van der Waals surface area contributed by atoms with Crippen LogP contribution in [-0.2, 0) is 5.54 Å². The van der Waals surface area contributed by atoms with Gasteiger partial charge in [0.1, 0.15) is 0 Å². The van der Waals surface area contributed by atoms with E-state index in [1.165, 1.54) is 48.1 Å². The van der Waals surface area contributed by atoms with Crippen LogP contribution in [0.1, 0.15) is 55.3 Å². The van der Waals surface area contributed by atoms with Crippen LogP contribution >= 0.6 is 0 Å². The van der Waals surface area contributed by atoms with Gasteiger partial charge in [0.25, 0.3) is 0 Å². The van der Waals surface area contributed by atoms with Crippen LogP contribution < -0.4 is 4.90 Å². The van der Waals surface area contributed by atoms with Crippen molar-refractivity contribution in [3.05, 3.63) is 59.4 Å². The van der Waals surface area contributed by atoms with Crippen LogP contribution in [0.25, 0.3) is 0 Å². The van der Waals surface area contributed by atoms with E-state index in [0.717, 1.165) is 0 Å². The van der Waals surface area contributed by atoms with Gasteiger partial charge in [0, 0.05) is 18.1 Å². The van der Waals surface area contributed by atoms with Gasteiger partial charge in [-0.15, -0.1) is 0 Å². The van der Waals surface area contributed by atoms with E-state index < -0.39 is 0 Å². The Labute approximate surface area is 126 Å². The quantitative estimate of drug-likeness (QED) is 0.749. The SMILES string of the molecule is Cc1ccccc1N1C(C)c2cnccc2C12CCCC2. The number of hydrogen-bond acceptors (Lipinski definition) is 2. The number of hydrogen-bond donors (Lipinski definition) is 0. The van der Waals surface area contributed by atoms with Crippen molar-refractivity contribution in [2.45, 2.75) is 51.1 Å². The number of fused-ring (bicyclic) bond motifs is 2. The Morgan fingerprint density at radius 3 is 2.67 bits per heavy atom. The van der Waals surface area contributed by atoms with Gasteiger partial charge in [-0.25, -0.2) is 0 Å². The Bertz CT molecular complexity index is 671. The lowest BCUT2D eigenvalue weighted by atomic mass is 9.88. The zero-order chi connectivity index (χ0) is 14.4. The van der Waals surface area contributed by atoms with Crippen LogP contribution in [0.15, 0.2) is 42.7 Å². The van der Waals surface area contributed by atoms with Crippen molar-refractivity contribution in [1.29, 1.82) is 0 Å². The minimum Gasteiger partial charge on any atom is -0.355 e. The highest BCUT2D eigenvalue weighted by atomic mass is 15.3. The molecule has 1 fully saturated rings. The molecule has 0 radical (unpaired) electrons. The summed E-state index contributed by atoms with van der Waals surface area (Å²) in [5.74, 6) is 0. The average Bonchev–Trinajstić information content (AvgIpc) is 3.07. The summed E-state index contributed by atoms with van der Waals surface area (Å²) in [4.78, 5) is 7.07. The third-order valence-electron chi connectivity index (χ3n) is 5.46. The van der Waals surface area contributed by atoms with Gasteiger partial charge in [0.2, 0.25) is 0 Å². The molecule has 0 amide bonds. The highest BCUT2D eigenvalue weighted by Crippen LogP contribution is 2.56. The van der Waals surface area contributed by atoms with Crippen LogP contribution in [0.4, 0.5) is 5.69 Å². The van der Waals surface area contributed by atoms with Crippen molar-refractivity contribution in [2.75, 3.05) is 4.90 Å². The summed E-state index contributed by atoms with van der Waals surface area (Å²) in [6, 6.07) is 11.5. The monoisotopic (exact) mass is 278 g/mol. The van der Waals surface area contributed by atoms with Gasteiger partial charge >= 0.3 is 0 Å². The topological polar surface area (TPSA) is 16.1 Å². The van der Waals surface area contributed by atoms with Crippen molar-refractivity contribution in [3.63, 3.8) is 0 Å². The highest BCUT2D eigenvalue weighted by molar-refractivity contribution is 5.63. The van der Waals surface area contributed by atoms with Gasteiger partial charge in [-0.2, -0.15) is 0 Å². The molecule has 0 bridgehead atoms. The Kier molecular flexibility index (Phi) is 2.81. The lowest BCUT2D eigenvalue weighted by molar-refractivity contribution is 0.416. The van der Waals surface area contributed by atoms with Crippen LogP contribution in [0, 0.1) is 6.92 Å². The third kappa shape index (κ3) is 1.68. The van der Waals surface area contributed by atoms with Crippen LogP contribution in [0.5, 0.6) is 0 Å². The molecule has 1 aliphatic carbocycles. The predicted octanol–water partition coefficient (Wildman–Crippen LogP) is 4.74. The Morgan fingerprint density at radius 1 is 1.14 bits per heavy atom. The number of nitrogens with zero attached hydrogens (tertiary/aromatic N) is 2. The molecule has 1 aromatic carbocycles. The van der Waals surface area contributed by atoms with Crippen LogP contribution in [-0.4, -0.2) is 4.98 Å². The molecule has 1 unspecified atom stereocenters. The number of para-hydroxylation sites is 1. The van der Waals surface area contributed by atoms with E-state index in [1.54, 1.807) is 0 Å². The highest BCUT2D eigenvalue weighted by Gasteiger charge is 2.50. The molecular weight excluding hydrogens is 256 g/mol. The fraction of sp³-hybridized carbons (Fsp3) is 0.421. The number of rotatable bonds is 1. The molecule has 2 aliphatic rings. The predicted molar refractivity (Wildman–Crippen MR) is 86.5 cm³/mol.